The Morgan fingerprint density at radius 2 is 1.69 bits per heavy atom. The van der Waals surface area contributed by atoms with E-state index in [1.54, 1.807) is 23.9 Å². The molecule has 6 nitrogen and oxygen atoms in total. The monoisotopic (exact) mass is 492 g/mol. The van der Waals surface area contributed by atoms with E-state index in [4.69, 9.17) is 4.74 Å². The van der Waals surface area contributed by atoms with Gasteiger partial charge >= 0.3 is 5.91 Å². The molecule has 4 rings (SSSR count). The molecule has 0 bridgehead atoms. The number of benzene rings is 3. The van der Waals surface area contributed by atoms with Gasteiger partial charge in [-0.2, -0.15) is 0 Å². The Morgan fingerprint density at radius 1 is 1.03 bits per heavy atom. The number of carbonyl (C=O) groups is 2. The van der Waals surface area contributed by atoms with Crippen molar-refractivity contribution >= 4 is 34.0 Å². The first-order valence-corrected chi connectivity index (χ1v) is 10.9. The lowest BCUT2D eigenvalue weighted by molar-refractivity contribution is -0.596. The van der Waals surface area contributed by atoms with E-state index in [2.05, 4.69) is 26.7 Å². The average Bonchev–Trinajstić information content (AvgIpc) is 3.10. The molecule has 0 aromatic heterocycles. The number of hydrazine groups is 1. The number of rotatable bonds is 5. The fraction of sp³-hybridized carbons (Fsp3) is 0.160. The molecule has 1 heterocycles. The summed E-state index contributed by atoms with van der Waals surface area (Å²) in [6.45, 7) is 1.96. The molecular formula is C25H23BrN3O3+. The lowest BCUT2D eigenvalue weighted by atomic mass is 9.99. The quantitative estimate of drug-likeness (QED) is 0.532. The summed E-state index contributed by atoms with van der Waals surface area (Å²) in [6, 6.07) is 21.3. The third kappa shape index (κ3) is 4.73. The number of hydrogen-bond acceptors (Lipinski definition) is 3. The number of methoxy groups -OCH3 is 1. The Kier molecular flexibility index (Phi) is 6.37. The molecule has 0 unspecified atom stereocenters. The maximum Gasteiger partial charge on any atom is 0.304 e. The molecule has 1 saturated heterocycles. The van der Waals surface area contributed by atoms with E-state index in [0.29, 0.717) is 5.56 Å². The Labute approximate surface area is 195 Å². The highest BCUT2D eigenvalue weighted by atomic mass is 79.9. The molecule has 2 amide bonds. The number of hydrazone groups is 1. The van der Waals surface area contributed by atoms with Gasteiger partial charge in [0.2, 0.25) is 12.3 Å². The van der Waals surface area contributed by atoms with Crippen molar-refractivity contribution in [3.05, 3.63) is 99.5 Å². The predicted molar refractivity (Wildman–Crippen MR) is 126 cm³/mol. The average molecular weight is 493 g/mol. The summed E-state index contributed by atoms with van der Waals surface area (Å²) >= 11 is 3.44. The van der Waals surface area contributed by atoms with Gasteiger partial charge < -0.3 is 10.1 Å². The molecule has 0 radical (unpaired) electrons. The minimum Gasteiger partial charge on any atom is -0.497 e. The zero-order valence-corrected chi connectivity index (χ0v) is 19.3. The number of halogens is 1. The van der Waals surface area contributed by atoms with Crippen LogP contribution in [0.25, 0.3) is 0 Å². The molecule has 0 saturated carbocycles. The molecule has 1 aliphatic rings. The molecule has 3 aromatic rings. The van der Waals surface area contributed by atoms with Crippen LogP contribution in [0.4, 0.5) is 0 Å². The number of aryl methyl sites for hydroxylation is 1. The molecular weight excluding hydrogens is 470 g/mol. The Morgan fingerprint density at radius 3 is 2.31 bits per heavy atom. The predicted octanol–water partition coefficient (Wildman–Crippen LogP) is 3.78. The Hall–Kier alpha value is -3.45. The second-order valence-corrected chi connectivity index (χ2v) is 8.51. The minimum atomic E-state index is -0.774. The van der Waals surface area contributed by atoms with Gasteiger partial charge in [0.1, 0.15) is 5.75 Å². The van der Waals surface area contributed by atoms with E-state index in [9.17, 15) is 9.59 Å². The van der Waals surface area contributed by atoms with E-state index in [0.717, 1.165) is 26.9 Å². The molecule has 2 N–H and O–H groups in total. The number of ether oxygens (including phenoxy) is 1. The first-order valence-electron chi connectivity index (χ1n) is 10.2. The molecule has 7 heteroatoms. The molecule has 1 aliphatic heterocycles. The number of nitrogens with one attached hydrogen (secondary N) is 2. The van der Waals surface area contributed by atoms with Gasteiger partial charge in [-0.05, 0) is 67.6 Å². The molecule has 162 valence electrons. The Bertz CT molecular complexity index is 1160. The van der Waals surface area contributed by atoms with Gasteiger partial charge in [-0.1, -0.05) is 33.6 Å². The second-order valence-electron chi connectivity index (χ2n) is 7.60. The zero-order valence-electron chi connectivity index (χ0n) is 17.7. The van der Waals surface area contributed by atoms with Crippen molar-refractivity contribution in [2.45, 2.75) is 19.0 Å². The van der Waals surface area contributed by atoms with Crippen molar-refractivity contribution in [2.75, 3.05) is 7.11 Å². The largest absolute Gasteiger partial charge is 0.497 e. The van der Waals surface area contributed by atoms with Gasteiger partial charge in [-0.25, -0.2) is 0 Å². The summed E-state index contributed by atoms with van der Waals surface area (Å²) < 4.78 is 7.98. The highest BCUT2D eigenvalue weighted by Crippen LogP contribution is 2.27. The summed E-state index contributed by atoms with van der Waals surface area (Å²) in [5, 5.41) is 2.92. The van der Waals surface area contributed by atoms with Crippen LogP contribution < -0.4 is 15.5 Å². The van der Waals surface area contributed by atoms with Crippen LogP contribution in [0.1, 0.15) is 33.1 Å². The molecule has 32 heavy (non-hydrogen) atoms. The van der Waals surface area contributed by atoms with Crippen molar-refractivity contribution in [3.8, 4) is 5.75 Å². The number of amides is 2. The highest BCUT2D eigenvalue weighted by Gasteiger charge is 2.47. The SMILES string of the molecule is COc1ccc([C@@H]2[C@@H](NC(=O)c3ccc(C)cc3)C(=O)N/[N+]2=C\c2ccc(Br)cc2)cc1. The van der Waals surface area contributed by atoms with Crippen LogP contribution in [-0.2, 0) is 4.79 Å². The second kappa shape index (κ2) is 9.36. The lowest BCUT2D eigenvalue weighted by Gasteiger charge is -2.15. The van der Waals surface area contributed by atoms with Crippen molar-refractivity contribution in [3.63, 3.8) is 0 Å². The highest BCUT2D eigenvalue weighted by molar-refractivity contribution is 9.10. The maximum absolute atomic E-state index is 12.9. The standard InChI is InChI=1S/C25H22BrN3O3/c1-16-3-7-19(8-4-16)24(30)27-22-23(18-9-13-21(32-2)14-10-18)29(28-25(22)31)15-17-5-11-20(26)12-6-17/h3-15,22-23H,1-2H3,(H-,27,28,30,31)/p+1/b29-15-/t22-,23-/m1/s1. The van der Waals surface area contributed by atoms with Gasteiger partial charge in [0.15, 0.2) is 6.04 Å². The topological polar surface area (TPSA) is 70.4 Å². The number of nitrogens with zero attached hydrogens (tertiary/aromatic N) is 1. The summed E-state index contributed by atoms with van der Waals surface area (Å²) in [5.41, 5.74) is 6.24. The van der Waals surface area contributed by atoms with Gasteiger partial charge in [-0.15, -0.1) is 10.1 Å². The van der Waals surface area contributed by atoms with Crippen molar-refractivity contribution < 1.29 is 19.0 Å². The molecule has 2 atom stereocenters. The molecule has 0 spiro atoms. The summed E-state index contributed by atoms with van der Waals surface area (Å²) in [6.07, 6.45) is 1.86. The minimum absolute atomic E-state index is 0.278. The third-order valence-corrected chi connectivity index (χ3v) is 5.88. The van der Waals surface area contributed by atoms with Crippen LogP contribution in [0.15, 0.2) is 77.3 Å². The van der Waals surface area contributed by atoms with E-state index in [1.807, 2.05) is 73.8 Å². The van der Waals surface area contributed by atoms with Gasteiger partial charge in [0.25, 0.3) is 5.91 Å². The van der Waals surface area contributed by atoms with Crippen LogP contribution >= 0.6 is 15.9 Å². The molecule has 3 aromatic carbocycles. The van der Waals surface area contributed by atoms with Gasteiger partial charge in [0.05, 0.1) is 7.11 Å². The van der Waals surface area contributed by atoms with Crippen molar-refractivity contribution in [1.82, 2.24) is 10.7 Å². The maximum atomic E-state index is 12.9. The fourth-order valence-electron chi connectivity index (χ4n) is 3.62. The lowest BCUT2D eigenvalue weighted by Crippen LogP contribution is -2.42. The van der Waals surface area contributed by atoms with Crippen molar-refractivity contribution in [2.24, 2.45) is 0 Å². The normalized spacial score (nSPS) is 19.0. The number of carbonyl (C=O) groups excluding carboxylic acids is 2. The summed E-state index contributed by atoms with van der Waals surface area (Å²) in [7, 11) is 1.61. The summed E-state index contributed by atoms with van der Waals surface area (Å²) in [4.78, 5) is 25.8. The zero-order chi connectivity index (χ0) is 22.7. The van der Waals surface area contributed by atoms with E-state index < -0.39 is 12.1 Å². The fourth-order valence-corrected chi connectivity index (χ4v) is 3.88. The van der Waals surface area contributed by atoms with Crippen LogP contribution in [-0.4, -0.2) is 35.9 Å². The summed E-state index contributed by atoms with van der Waals surface area (Å²) in [5.74, 6) is 0.142. The van der Waals surface area contributed by atoms with Crippen LogP contribution in [0.3, 0.4) is 0 Å². The third-order valence-electron chi connectivity index (χ3n) is 5.35. The van der Waals surface area contributed by atoms with E-state index >= 15 is 0 Å². The first kappa shape index (κ1) is 21.8. The van der Waals surface area contributed by atoms with Gasteiger partial charge in [-0.3, -0.25) is 9.59 Å². The van der Waals surface area contributed by atoms with Crippen LogP contribution in [0.5, 0.6) is 5.75 Å². The van der Waals surface area contributed by atoms with Crippen LogP contribution in [0.2, 0.25) is 0 Å². The first-order chi connectivity index (χ1) is 15.4. The number of hydrogen-bond donors (Lipinski definition) is 2. The van der Waals surface area contributed by atoms with E-state index in [1.165, 1.54) is 0 Å². The molecule has 1 fully saturated rings. The van der Waals surface area contributed by atoms with Crippen LogP contribution in [0, 0.1) is 6.92 Å². The van der Waals surface area contributed by atoms with Gasteiger partial charge in [0, 0.05) is 21.2 Å². The Balaban J connectivity index is 1.69. The smallest absolute Gasteiger partial charge is 0.304 e. The molecule has 0 aliphatic carbocycles. The van der Waals surface area contributed by atoms with E-state index in [-0.39, 0.29) is 11.8 Å². The van der Waals surface area contributed by atoms with Crippen molar-refractivity contribution in [1.29, 1.82) is 0 Å².